The van der Waals surface area contributed by atoms with Gasteiger partial charge in [-0.15, -0.1) is 0 Å². The van der Waals surface area contributed by atoms with Gasteiger partial charge in [-0.2, -0.15) is 0 Å². The molecule has 1 aliphatic rings. The lowest BCUT2D eigenvalue weighted by Crippen LogP contribution is -2.52. The van der Waals surface area contributed by atoms with Crippen molar-refractivity contribution in [1.82, 2.24) is 4.90 Å². The van der Waals surface area contributed by atoms with Crippen molar-refractivity contribution >= 4 is 6.09 Å². The monoisotopic (exact) mass is 226 g/mol. The molecule has 16 heavy (non-hydrogen) atoms. The average molecular weight is 226 g/mol. The quantitative estimate of drug-likeness (QED) is 0.423. The number of carbonyl (C=O) groups is 1. The number of amides is 1. The third kappa shape index (κ3) is 2.79. The first-order valence-corrected chi connectivity index (χ1v) is 5.40. The molecule has 1 N–H and O–H groups in total. The fourth-order valence-corrected chi connectivity index (χ4v) is 2.17. The molecule has 2 atom stereocenters. The van der Waals surface area contributed by atoms with Crippen LogP contribution in [0.2, 0.25) is 0 Å². The van der Waals surface area contributed by atoms with Crippen molar-refractivity contribution in [2.45, 2.75) is 45.7 Å². The molecule has 0 aromatic rings. The summed E-state index contributed by atoms with van der Waals surface area (Å²) in [6.45, 7) is 6.46. The highest BCUT2D eigenvalue weighted by atomic mass is 16.4. The summed E-state index contributed by atoms with van der Waals surface area (Å²) in [5, 5.41) is 12.8. The van der Waals surface area contributed by atoms with Crippen molar-refractivity contribution in [1.29, 1.82) is 0 Å². The molecule has 1 fully saturated rings. The van der Waals surface area contributed by atoms with Gasteiger partial charge < -0.3 is 10.0 Å². The minimum atomic E-state index is -0.890. The van der Waals surface area contributed by atoms with Crippen LogP contribution in [-0.2, 0) is 0 Å². The summed E-state index contributed by atoms with van der Waals surface area (Å²) >= 11 is 0. The van der Waals surface area contributed by atoms with E-state index in [1.54, 1.807) is 0 Å². The van der Waals surface area contributed by atoms with Crippen molar-refractivity contribution < 1.29 is 9.90 Å². The van der Waals surface area contributed by atoms with E-state index in [0.29, 0.717) is 19.4 Å². The largest absolute Gasteiger partial charge is 0.465 e. The van der Waals surface area contributed by atoms with Gasteiger partial charge in [-0.25, -0.2) is 4.79 Å². The Hall–Kier alpha value is -1.42. The molecular formula is C10H18N4O2. The average Bonchev–Trinajstić information content (AvgIpc) is 2.16. The Morgan fingerprint density at radius 1 is 1.56 bits per heavy atom. The highest BCUT2D eigenvalue weighted by Crippen LogP contribution is 2.33. The number of piperidine rings is 1. The number of rotatable bonds is 1. The van der Waals surface area contributed by atoms with Crippen LogP contribution >= 0.6 is 0 Å². The lowest BCUT2D eigenvalue weighted by atomic mass is 9.79. The summed E-state index contributed by atoms with van der Waals surface area (Å²) in [6, 6.07) is -0.168. The van der Waals surface area contributed by atoms with Gasteiger partial charge in [0.25, 0.3) is 0 Å². The van der Waals surface area contributed by atoms with E-state index in [9.17, 15) is 4.79 Å². The highest BCUT2D eigenvalue weighted by molar-refractivity contribution is 5.65. The van der Waals surface area contributed by atoms with Crippen molar-refractivity contribution in [3.63, 3.8) is 0 Å². The maximum absolute atomic E-state index is 11.1. The van der Waals surface area contributed by atoms with E-state index < -0.39 is 6.09 Å². The van der Waals surface area contributed by atoms with E-state index in [2.05, 4.69) is 10.0 Å². The van der Waals surface area contributed by atoms with Gasteiger partial charge in [0.15, 0.2) is 0 Å². The Morgan fingerprint density at radius 2 is 2.19 bits per heavy atom. The Morgan fingerprint density at radius 3 is 2.62 bits per heavy atom. The molecule has 1 amide bonds. The van der Waals surface area contributed by atoms with Gasteiger partial charge in [0, 0.05) is 23.5 Å². The molecule has 0 saturated carbocycles. The van der Waals surface area contributed by atoms with E-state index in [1.807, 2.05) is 20.8 Å². The lowest BCUT2D eigenvalue weighted by molar-refractivity contribution is 0.0535. The Labute approximate surface area is 94.9 Å². The van der Waals surface area contributed by atoms with E-state index in [4.69, 9.17) is 10.6 Å². The van der Waals surface area contributed by atoms with Crippen LogP contribution in [0.25, 0.3) is 10.4 Å². The first kappa shape index (κ1) is 12.6. The molecule has 1 saturated heterocycles. The maximum Gasteiger partial charge on any atom is 0.407 e. The molecule has 2 unspecified atom stereocenters. The maximum atomic E-state index is 11.1. The van der Waals surface area contributed by atoms with Crippen molar-refractivity contribution in [2.75, 3.05) is 6.54 Å². The summed E-state index contributed by atoms with van der Waals surface area (Å²) in [4.78, 5) is 15.4. The summed E-state index contributed by atoms with van der Waals surface area (Å²) in [5.74, 6) is 0. The van der Waals surface area contributed by atoms with Crippen LogP contribution in [0.4, 0.5) is 4.79 Å². The minimum absolute atomic E-state index is 0.0789. The number of carboxylic acid groups (broad SMARTS) is 1. The SMILES string of the molecule is CC(C)(C)C1CC(N=[N+]=[N-])CCN1C(=O)O. The third-order valence-electron chi connectivity index (χ3n) is 3.04. The first-order valence-electron chi connectivity index (χ1n) is 5.40. The molecule has 0 radical (unpaired) electrons. The van der Waals surface area contributed by atoms with Crippen LogP contribution < -0.4 is 0 Å². The van der Waals surface area contributed by atoms with Crippen LogP contribution in [0.1, 0.15) is 33.6 Å². The van der Waals surface area contributed by atoms with E-state index in [0.717, 1.165) is 0 Å². The zero-order valence-corrected chi connectivity index (χ0v) is 9.92. The molecule has 0 aromatic carbocycles. The fourth-order valence-electron chi connectivity index (χ4n) is 2.17. The molecule has 1 rings (SSSR count). The van der Waals surface area contributed by atoms with Gasteiger partial charge in [0.2, 0.25) is 0 Å². The topological polar surface area (TPSA) is 89.3 Å². The summed E-state index contributed by atoms with van der Waals surface area (Å²) in [5.41, 5.74) is 8.27. The number of nitrogens with zero attached hydrogens (tertiary/aromatic N) is 4. The molecule has 0 aliphatic carbocycles. The number of hydrogen-bond acceptors (Lipinski definition) is 2. The van der Waals surface area contributed by atoms with Crippen LogP contribution in [0.3, 0.4) is 0 Å². The molecule has 6 heteroatoms. The van der Waals surface area contributed by atoms with Gasteiger partial charge in [-0.05, 0) is 23.8 Å². The molecule has 6 nitrogen and oxygen atoms in total. The second kappa shape index (κ2) is 4.61. The third-order valence-corrected chi connectivity index (χ3v) is 3.04. The summed E-state index contributed by atoms with van der Waals surface area (Å²) < 4.78 is 0. The van der Waals surface area contributed by atoms with Crippen molar-refractivity contribution in [3.8, 4) is 0 Å². The predicted octanol–water partition coefficient (Wildman–Crippen LogP) is 2.85. The van der Waals surface area contributed by atoms with Crippen molar-refractivity contribution in [2.24, 2.45) is 10.5 Å². The van der Waals surface area contributed by atoms with Gasteiger partial charge in [-0.3, -0.25) is 0 Å². The smallest absolute Gasteiger partial charge is 0.407 e. The van der Waals surface area contributed by atoms with Crippen LogP contribution in [0.5, 0.6) is 0 Å². The number of hydrogen-bond donors (Lipinski definition) is 1. The second-order valence-electron chi connectivity index (χ2n) is 5.24. The Balaban J connectivity index is 2.85. The molecule has 1 heterocycles. The predicted molar refractivity (Wildman–Crippen MR) is 60.1 cm³/mol. The molecule has 0 aromatic heterocycles. The van der Waals surface area contributed by atoms with Gasteiger partial charge in [0.1, 0.15) is 0 Å². The molecule has 0 spiro atoms. The molecule has 90 valence electrons. The second-order valence-corrected chi connectivity index (χ2v) is 5.24. The van der Waals surface area contributed by atoms with Gasteiger partial charge >= 0.3 is 6.09 Å². The first-order chi connectivity index (χ1) is 7.36. The molecule has 0 bridgehead atoms. The number of likely N-dealkylation sites (tertiary alicyclic amines) is 1. The van der Waals surface area contributed by atoms with E-state index >= 15 is 0 Å². The normalized spacial score (nSPS) is 26.1. The molecule has 1 aliphatic heterocycles. The highest BCUT2D eigenvalue weighted by Gasteiger charge is 2.38. The van der Waals surface area contributed by atoms with Gasteiger partial charge in [0.05, 0.1) is 0 Å². The summed E-state index contributed by atoms with van der Waals surface area (Å²) in [6.07, 6.45) is 0.335. The summed E-state index contributed by atoms with van der Waals surface area (Å²) in [7, 11) is 0. The van der Waals surface area contributed by atoms with Crippen molar-refractivity contribution in [3.05, 3.63) is 10.4 Å². The zero-order chi connectivity index (χ0) is 12.3. The van der Waals surface area contributed by atoms with E-state index in [-0.39, 0.29) is 17.5 Å². The Kier molecular flexibility index (Phi) is 3.65. The standard InChI is InChI=1S/C10H18N4O2/c1-10(2,3)8-6-7(12-13-11)4-5-14(8)9(15)16/h7-8H,4-6H2,1-3H3,(H,15,16). The fraction of sp³-hybridized carbons (Fsp3) is 0.900. The van der Waals surface area contributed by atoms with Crippen LogP contribution in [-0.4, -0.2) is 34.7 Å². The van der Waals surface area contributed by atoms with E-state index in [1.165, 1.54) is 4.90 Å². The van der Waals surface area contributed by atoms with Crippen LogP contribution in [0.15, 0.2) is 5.11 Å². The zero-order valence-electron chi connectivity index (χ0n) is 9.92. The molecular weight excluding hydrogens is 208 g/mol. The number of azide groups is 1. The minimum Gasteiger partial charge on any atom is -0.465 e. The van der Waals surface area contributed by atoms with Crippen LogP contribution in [0, 0.1) is 5.41 Å². The lowest BCUT2D eigenvalue weighted by Gasteiger charge is -2.43. The van der Waals surface area contributed by atoms with Gasteiger partial charge in [-0.1, -0.05) is 25.9 Å². The Bertz CT molecular complexity index is 317.